The van der Waals surface area contributed by atoms with Gasteiger partial charge < -0.3 is 15.4 Å². The predicted molar refractivity (Wildman–Crippen MR) is 95.6 cm³/mol. The second kappa shape index (κ2) is 8.10. The van der Waals surface area contributed by atoms with Gasteiger partial charge in [-0.15, -0.1) is 0 Å². The Labute approximate surface area is 146 Å². The van der Waals surface area contributed by atoms with Crippen LogP contribution in [-0.4, -0.2) is 24.4 Å². The zero-order valence-corrected chi connectivity index (χ0v) is 14.4. The van der Waals surface area contributed by atoms with Crippen molar-refractivity contribution in [3.63, 3.8) is 0 Å². The molecule has 0 saturated carbocycles. The number of carbonyl (C=O) groups is 3. The van der Waals surface area contributed by atoms with Gasteiger partial charge in [0.2, 0.25) is 0 Å². The number of rotatable bonds is 4. The van der Waals surface area contributed by atoms with E-state index in [1.165, 1.54) is 12.1 Å². The summed E-state index contributed by atoms with van der Waals surface area (Å²) in [5, 5.41) is 5.03. The molecular formula is C19H20N2O4. The molecule has 0 aliphatic rings. The molecule has 25 heavy (non-hydrogen) atoms. The zero-order chi connectivity index (χ0) is 18.4. The van der Waals surface area contributed by atoms with Gasteiger partial charge in [-0.05, 0) is 50.1 Å². The lowest BCUT2D eigenvalue weighted by atomic mass is 10.1. The minimum Gasteiger partial charge on any atom is -0.462 e. The summed E-state index contributed by atoms with van der Waals surface area (Å²) in [7, 11) is 0. The molecule has 0 aliphatic carbocycles. The molecule has 0 heterocycles. The number of para-hydroxylation sites is 1. The summed E-state index contributed by atoms with van der Waals surface area (Å²) < 4.78 is 4.94. The van der Waals surface area contributed by atoms with E-state index in [1.807, 2.05) is 26.0 Å². The number of carbonyl (C=O) groups excluding carboxylic acids is 3. The van der Waals surface area contributed by atoms with Crippen LogP contribution < -0.4 is 10.6 Å². The largest absolute Gasteiger partial charge is 0.462 e. The van der Waals surface area contributed by atoms with E-state index in [2.05, 4.69) is 10.6 Å². The minimum absolute atomic E-state index is 0.192. The first-order valence-electron chi connectivity index (χ1n) is 7.88. The van der Waals surface area contributed by atoms with Gasteiger partial charge in [-0.25, -0.2) is 4.79 Å². The van der Waals surface area contributed by atoms with Crippen LogP contribution in [0.1, 0.15) is 28.4 Å². The number of esters is 1. The fraction of sp³-hybridized carbons (Fsp3) is 0.211. The molecule has 0 bridgehead atoms. The van der Waals surface area contributed by atoms with Crippen molar-refractivity contribution in [3.05, 3.63) is 59.2 Å². The minimum atomic E-state index is -0.863. The lowest BCUT2D eigenvalue weighted by molar-refractivity contribution is -0.133. The first-order chi connectivity index (χ1) is 11.9. The van der Waals surface area contributed by atoms with Crippen LogP contribution in [0, 0.1) is 13.8 Å². The molecule has 2 N–H and O–H groups in total. The third-order valence-electron chi connectivity index (χ3n) is 3.52. The highest BCUT2D eigenvalue weighted by atomic mass is 16.5. The smallest absolute Gasteiger partial charge is 0.340 e. The molecular weight excluding hydrogens is 320 g/mol. The van der Waals surface area contributed by atoms with E-state index in [4.69, 9.17) is 4.74 Å². The molecule has 0 spiro atoms. The summed E-state index contributed by atoms with van der Waals surface area (Å²) in [5.74, 6) is -2.24. The van der Waals surface area contributed by atoms with Crippen molar-refractivity contribution in [1.82, 2.24) is 0 Å². The van der Waals surface area contributed by atoms with Gasteiger partial charge in [0, 0.05) is 5.69 Å². The first-order valence-corrected chi connectivity index (χ1v) is 7.88. The fourth-order valence-corrected chi connectivity index (χ4v) is 2.21. The maximum atomic E-state index is 12.2. The molecule has 2 amide bonds. The Balaban J connectivity index is 2.13. The van der Waals surface area contributed by atoms with Crippen LogP contribution in [0.2, 0.25) is 0 Å². The number of aryl methyl sites for hydroxylation is 2. The quantitative estimate of drug-likeness (QED) is 0.662. The van der Waals surface area contributed by atoms with Crippen molar-refractivity contribution in [1.29, 1.82) is 0 Å². The van der Waals surface area contributed by atoms with Gasteiger partial charge in [0.05, 0.1) is 17.9 Å². The number of ether oxygens (including phenoxy) is 1. The summed E-state index contributed by atoms with van der Waals surface area (Å²) in [5.41, 5.74) is 2.80. The van der Waals surface area contributed by atoms with Crippen molar-refractivity contribution in [2.75, 3.05) is 17.2 Å². The Bertz CT molecular complexity index is 815. The molecule has 0 fully saturated rings. The summed E-state index contributed by atoms with van der Waals surface area (Å²) in [6.07, 6.45) is 0. The first kappa shape index (κ1) is 18.2. The van der Waals surface area contributed by atoms with Gasteiger partial charge in [0.25, 0.3) is 0 Å². The van der Waals surface area contributed by atoms with Gasteiger partial charge in [-0.1, -0.05) is 24.3 Å². The average Bonchev–Trinajstić information content (AvgIpc) is 2.58. The maximum Gasteiger partial charge on any atom is 0.340 e. The Hall–Kier alpha value is -3.15. The van der Waals surface area contributed by atoms with E-state index in [1.54, 1.807) is 25.1 Å². The topological polar surface area (TPSA) is 84.5 Å². The number of hydrogen-bond acceptors (Lipinski definition) is 4. The molecule has 0 aliphatic heterocycles. The monoisotopic (exact) mass is 340 g/mol. The van der Waals surface area contributed by atoms with Crippen LogP contribution in [0.5, 0.6) is 0 Å². The molecule has 0 unspecified atom stereocenters. The van der Waals surface area contributed by atoms with E-state index >= 15 is 0 Å². The third kappa shape index (κ3) is 4.67. The number of benzene rings is 2. The number of hydrogen-bond donors (Lipinski definition) is 2. The summed E-state index contributed by atoms with van der Waals surface area (Å²) in [4.78, 5) is 36.2. The lowest BCUT2D eigenvalue weighted by Crippen LogP contribution is -2.30. The summed E-state index contributed by atoms with van der Waals surface area (Å²) >= 11 is 0. The predicted octanol–water partition coefficient (Wildman–Crippen LogP) is 3.06. The second-order valence-corrected chi connectivity index (χ2v) is 5.49. The summed E-state index contributed by atoms with van der Waals surface area (Å²) in [6.45, 7) is 5.64. The van der Waals surface area contributed by atoms with Crippen LogP contribution >= 0.6 is 0 Å². The molecule has 0 aromatic heterocycles. The van der Waals surface area contributed by atoms with Crippen molar-refractivity contribution in [2.24, 2.45) is 0 Å². The Morgan fingerprint density at radius 2 is 1.56 bits per heavy atom. The molecule has 130 valence electrons. The number of nitrogens with one attached hydrogen (secondary N) is 2. The fourth-order valence-electron chi connectivity index (χ4n) is 2.21. The highest BCUT2D eigenvalue weighted by Gasteiger charge is 2.19. The van der Waals surface area contributed by atoms with Crippen molar-refractivity contribution < 1.29 is 19.1 Å². The molecule has 2 aromatic rings. The van der Waals surface area contributed by atoms with Crippen LogP contribution in [0.25, 0.3) is 0 Å². The molecule has 0 atom stereocenters. The SMILES string of the molecule is CCOC(=O)c1ccccc1NC(=O)C(=O)Nc1cc(C)ccc1C. The average molecular weight is 340 g/mol. The van der Waals surface area contributed by atoms with Crippen LogP contribution in [0.15, 0.2) is 42.5 Å². The Morgan fingerprint density at radius 1 is 0.920 bits per heavy atom. The molecule has 6 nitrogen and oxygen atoms in total. The van der Waals surface area contributed by atoms with Gasteiger partial charge in [-0.3, -0.25) is 9.59 Å². The van der Waals surface area contributed by atoms with E-state index in [0.29, 0.717) is 5.69 Å². The third-order valence-corrected chi connectivity index (χ3v) is 3.52. The van der Waals surface area contributed by atoms with Gasteiger partial charge in [0.1, 0.15) is 0 Å². The normalized spacial score (nSPS) is 10.0. The van der Waals surface area contributed by atoms with E-state index in [-0.39, 0.29) is 17.9 Å². The molecule has 6 heteroatoms. The van der Waals surface area contributed by atoms with E-state index in [0.717, 1.165) is 11.1 Å². The van der Waals surface area contributed by atoms with E-state index < -0.39 is 17.8 Å². The molecule has 2 aromatic carbocycles. The maximum absolute atomic E-state index is 12.2. The van der Waals surface area contributed by atoms with Crippen molar-refractivity contribution >= 4 is 29.2 Å². The molecule has 0 saturated heterocycles. The van der Waals surface area contributed by atoms with Crippen LogP contribution in [0.3, 0.4) is 0 Å². The highest BCUT2D eigenvalue weighted by Crippen LogP contribution is 2.18. The lowest BCUT2D eigenvalue weighted by Gasteiger charge is -2.11. The van der Waals surface area contributed by atoms with Crippen molar-refractivity contribution in [3.8, 4) is 0 Å². The van der Waals surface area contributed by atoms with E-state index in [9.17, 15) is 14.4 Å². The second-order valence-electron chi connectivity index (χ2n) is 5.49. The van der Waals surface area contributed by atoms with Gasteiger partial charge in [0.15, 0.2) is 0 Å². The van der Waals surface area contributed by atoms with Crippen molar-refractivity contribution in [2.45, 2.75) is 20.8 Å². The van der Waals surface area contributed by atoms with Gasteiger partial charge in [-0.2, -0.15) is 0 Å². The summed E-state index contributed by atoms with van der Waals surface area (Å²) in [6, 6.07) is 11.9. The Kier molecular flexibility index (Phi) is 5.89. The van der Waals surface area contributed by atoms with Crippen LogP contribution in [0.4, 0.5) is 11.4 Å². The number of anilines is 2. The molecule has 2 rings (SSSR count). The Morgan fingerprint density at radius 3 is 2.24 bits per heavy atom. The highest BCUT2D eigenvalue weighted by molar-refractivity contribution is 6.44. The molecule has 0 radical (unpaired) electrons. The van der Waals surface area contributed by atoms with Gasteiger partial charge >= 0.3 is 17.8 Å². The van der Waals surface area contributed by atoms with Crippen LogP contribution in [-0.2, 0) is 14.3 Å². The zero-order valence-electron chi connectivity index (χ0n) is 14.4. The standard InChI is InChI=1S/C19H20N2O4/c1-4-25-19(24)14-7-5-6-8-15(14)20-17(22)18(23)21-16-11-12(2)9-10-13(16)3/h5-11H,4H2,1-3H3,(H,20,22)(H,21,23). The number of amides is 2.